The molecule has 0 N–H and O–H groups in total. The number of amides is 2. The Hall–Kier alpha value is -2.15. The van der Waals surface area contributed by atoms with Crippen LogP contribution in [0.4, 0.5) is 15.8 Å². The number of hydrogen-bond acceptors (Lipinski definition) is 3. The lowest BCUT2D eigenvalue weighted by atomic mass is 10.1. The number of nitrogens with zero attached hydrogens (tertiary/aromatic N) is 2. The Labute approximate surface area is 140 Å². The summed E-state index contributed by atoms with van der Waals surface area (Å²) in [5.74, 6) is -0.456. The zero-order chi connectivity index (χ0) is 16.6. The number of furan rings is 1. The number of carbonyl (C=O) groups is 2. The van der Waals surface area contributed by atoms with Gasteiger partial charge in [0, 0.05) is 17.9 Å². The molecule has 0 aliphatic carbocycles. The monoisotopic (exact) mass is 380 g/mol. The number of fused-ring (bicyclic) bond motifs is 1. The highest BCUT2D eigenvalue weighted by atomic mass is 79.9. The van der Waals surface area contributed by atoms with Crippen LogP contribution in [0.3, 0.4) is 0 Å². The van der Waals surface area contributed by atoms with Gasteiger partial charge in [-0.05, 0) is 30.3 Å². The van der Waals surface area contributed by atoms with E-state index in [1.165, 1.54) is 23.0 Å². The summed E-state index contributed by atoms with van der Waals surface area (Å²) in [4.78, 5) is 27.5. The standard InChI is InChI=1S/C16H14BrFN2O3/c1-10(21)20-12(8-18)9-19(16(22)15-3-2-6-23-15)14-7-11(17)4-5-13(14)20/h2-7,12H,8-9H2,1H3. The second-order valence-corrected chi connectivity index (χ2v) is 6.14. The zero-order valence-corrected chi connectivity index (χ0v) is 13.9. The zero-order valence-electron chi connectivity index (χ0n) is 12.3. The smallest absolute Gasteiger partial charge is 0.294 e. The van der Waals surface area contributed by atoms with E-state index >= 15 is 0 Å². The van der Waals surface area contributed by atoms with Crippen molar-refractivity contribution in [2.75, 3.05) is 23.0 Å². The Morgan fingerprint density at radius 2 is 2.13 bits per heavy atom. The van der Waals surface area contributed by atoms with Crippen LogP contribution in [-0.4, -0.2) is 31.1 Å². The molecule has 23 heavy (non-hydrogen) atoms. The van der Waals surface area contributed by atoms with Crippen molar-refractivity contribution in [2.45, 2.75) is 13.0 Å². The van der Waals surface area contributed by atoms with Gasteiger partial charge in [-0.3, -0.25) is 9.59 Å². The average Bonchev–Trinajstić information content (AvgIpc) is 3.06. The average molecular weight is 381 g/mol. The normalized spacial score (nSPS) is 17.1. The SMILES string of the molecule is CC(=O)N1c2ccc(Br)cc2N(C(=O)c2ccco2)CC1CF. The fourth-order valence-corrected chi connectivity index (χ4v) is 3.12. The molecule has 0 spiro atoms. The first-order valence-electron chi connectivity index (χ1n) is 7.03. The molecule has 1 aromatic carbocycles. The number of benzene rings is 1. The topological polar surface area (TPSA) is 53.8 Å². The van der Waals surface area contributed by atoms with E-state index in [1.54, 1.807) is 30.3 Å². The number of halogens is 2. The quantitative estimate of drug-likeness (QED) is 0.802. The predicted molar refractivity (Wildman–Crippen MR) is 87.4 cm³/mol. The van der Waals surface area contributed by atoms with Crippen molar-refractivity contribution in [1.82, 2.24) is 0 Å². The summed E-state index contributed by atoms with van der Waals surface area (Å²) in [5, 5.41) is 0. The maximum Gasteiger partial charge on any atom is 0.294 e. The highest BCUT2D eigenvalue weighted by molar-refractivity contribution is 9.10. The molecule has 2 heterocycles. The first-order valence-corrected chi connectivity index (χ1v) is 7.83. The Balaban J connectivity index is 2.11. The van der Waals surface area contributed by atoms with Gasteiger partial charge >= 0.3 is 0 Å². The molecule has 0 saturated carbocycles. The van der Waals surface area contributed by atoms with E-state index in [-0.39, 0.29) is 24.1 Å². The molecule has 0 fully saturated rings. The van der Waals surface area contributed by atoms with Crippen LogP contribution >= 0.6 is 15.9 Å². The highest BCUT2D eigenvalue weighted by Crippen LogP contribution is 2.38. The van der Waals surface area contributed by atoms with Gasteiger partial charge in [0.1, 0.15) is 6.67 Å². The molecular weight excluding hydrogens is 367 g/mol. The van der Waals surface area contributed by atoms with E-state index in [4.69, 9.17) is 4.42 Å². The van der Waals surface area contributed by atoms with Gasteiger partial charge in [0.2, 0.25) is 5.91 Å². The van der Waals surface area contributed by atoms with Crippen LogP contribution in [0, 0.1) is 0 Å². The minimum Gasteiger partial charge on any atom is -0.459 e. The highest BCUT2D eigenvalue weighted by Gasteiger charge is 2.36. The Morgan fingerprint density at radius 1 is 1.35 bits per heavy atom. The molecule has 0 radical (unpaired) electrons. The van der Waals surface area contributed by atoms with Gasteiger partial charge in [-0.2, -0.15) is 0 Å². The summed E-state index contributed by atoms with van der Waals surface area (Å²) in [7, 11) is 0. The van der Waals surface area contributed by atoms with Crippen LogP contribution in [0.25, 0.3) is 0 Å². The first kappa shape index (κ1) is 15.7. The van der Waals surface area contributed by atoms with Crippen LogP contribution in [0.2, 0.25) is 0 Å². The second kappa shape index (κ2) is 6.16. The molecule has 3 rings (SSSR count). The van der Waals surface area contributed by atoms with Gasteiger partial charge in [-0.1, -0.05) is 15.9 Å². The van der Waals surface area contributed by atoms with Crippen molar-refractivity contribution in [3.8, 4) is 0 Å². The van der Waals surface area contributed by atoms with Gasteiger partial charge in [-0.15, -0.1) is 0 Å². The first-order chi connectivity index (χ1) is 11.0. The molecule has 1 unspecified atom stereocenters. The number of carbonyl (C=O) groups excluding carboxylic acids is 2. The van der Waals surface area contributed by atoms with Crippen LogP contribution in [-0.2, 0) is 4.79 Å². The summed E-state index contributed by atoms with van der Waals surface area (Å²) < 4.78 is 19.4. The molecule has 2 amide bonds. The fraction of sp³-hybridized carbons (Fsp3) is 0.250. The molecule has 1 aliphatic heterocycles. The number of rotatable bonds is 2. The lowest BCUT2D eigenvalue weighted by Crippen LogP contribution is -2.53. The van der Waals surface area contributed by atoms with Crippen LogP contribution in [0.15, 0.2) is 45.5 Å². The van der Waals surface area contributed by atoms with E-state index in [2.05, 4.69) is 15.9 Å². The Kier molecular flexibility index (Phi) is 4.21. The number of hydrogen-bond donors (Lipinski definition) is 0. The van der Waals surface area contributed by atoms with Crippen molar-refractivity contribution in [3.05, 3.63) is 46.8 Å². The van der Waals surface area contributed by atoms with E-state index in [0.29, 0.717) is 11.4 Å². The molecule has 120 valence electrons. The van der Waals surface area contributed by atoms with E-state index in [9.17, 15) is 14.0 Å². The molecule has 1 aromatic heterocycles. The number of anilines is 2. The van der Waals surface area contributed by atoms with Crippen molar-refractivity contribution >= 4 is 39.1 Å². The summed E-state index contributed by atoms with van der Waals surface area (Å²) in [6.45, 7) is 0.717. The van der Waals surface area contributed by atoms with Crippen molar-refractivity contribution in [1.29, 1.82) is 0 Å². The minimum atomic E-state index is -0.739. The lowest BCUT2D eigenvalue weighted by molar-refractivity contribution is -0.117. The summed E-state index contributed by atoms with van der Waals surface area (Å²) in [6, 6.07) is 7.64. The molecule has 1 atom stereocenters. The summed E-state index contributed by atoms with van der Waals surface area (Å²) in [5.41, 5.74) is 1.05. The van der Waals surface area contributed by atoms with Crippen molar-refractivity contribution in [3.63, 3.8) is 0 Å². The van der Waals surface area contributed by atoms with Crippen LogP contribution < -0.4 is 9.80 Å². The maximum atomic E-state index is 13.5. The van der Waals surface area contributed by atoms with Gasteiger partial charge in [-0.25, -0.2) is 4.39 Å². The second-order valence-electron chi connectivity index (χ2n) is 5.22. The van der Waals surface area contributed by atoms with Crippen molar-refractivity contribution in [2.24, 2.45) is 0 Å². The van der Waals surface area contributed by atoms with Gasteiger partial charge in [0.25, 0.3) is 5.91 Å². The third-order valence-corrected chi connectivity index (χ3v) is 4.23. The van der Waals surface area contributed by atoms with Gasteiger partial charge < -0.3 is 14.2 Å². The third-order valence-electron chi connectivity index (χ3n) is 3.74. The number of alkyl halides is 1. The molecular formula is C16H14BrFN2O3. The predicted octanol–water partition coefficient (Wildman–Crippen LogP) is 3.39. The third kappa shape index (κ3) is 2.76. The van der Waals surface area contributed by atoms with Gasteiger partial charge in [0.05, 0.1) is 23.7 Å². The minimum absolute atomic E-state index is 0.0685. The van der Waals surface area contributed by atoms with E-state index in [0.717, 1.165) is 4.47 Å². The van der Waals surface area contributed by atoms with E-state index < -0.39 is 12.7 Å². The summed E-state index contributed by atoms with van der Waals surface area (Å²) in [6.07, 6.45) is 1.41. The Morgan fingerprint density at radius 3 is 2.74 bits per heavy atom. The van der Waals surface area contributed by atoms with E-state index in [1.807, 2.05) is 0 Å². The maximum absolute atomic E-state index is 13.5. The summed E-state index contributed by atoms with van der Waals surface area (Å²) >= 11 is 3.37. The molecule has 7 heteroatoms. The molecule has 0 bridgehead atoms. The Bertz CT molecular complexity index is 748. The molecule has 2 aromatic rings. The lowest BCUT2D eigenvalue weighted by Gasteiger charge is -2.40. The largest absolute Gasteiger partial charge is 0.459 e. The molecule has 5 nitrogen and oxygen atoms in total. The molecule has 0 saturated heterocycles. The van der Waals surface area contributed by atoms with Gasteiger partial charge in [0.15, 0.2) is 5.76 Å². The molecule has 1 aliphatic rings. The van der Waals surface area contributed by atoms with Crippen LogP contribution in [0.1, 0.15) is 17.5 Å². The van der Waals surface area contributed by atoms with Crippen molar-refractivity contribution < 1.29 is 18.4 Å². The van der Waals surface area contributed by atoms with Crippen LogP contribution in [0.5, 0.6) is 0 Å². The fourth-order valence-electron chi connectivity index (χ4n) is 2.77.